The highest BCUT2D eigenvalue weighted by Crippen LogP contribution is 2.27. The van der Waals surface area contributed by atoms with E-state index in [-0.39, 0.29) is 5.91 Å². The number of para-hydroxylation sites is 1. The molecule has 0 radical (unpaired) electrons. The molecule has 0 aromatic heterocycles. The van der Waals surface area contributed by atoms with Crippen LogP contribution in [0.1, 0.15) is 5.56 Å². The lowest BCUT2D eigenvalue weighted by molar-refractivity contribution is -0.116. The van der Waals surface area contributed by atoms with E-state index < -0.39 is 0 Å². The maximum absolute atomic E-state index is 11.3. The highest BCUT2D eigenvalue weighted by molar-refractivity contribution is 6.02. The van der Waals surface area contributed by atoms with Crippen molar-refractivity contribution in [2.45, 2.75) is 6.42 Å². The molecule has 1 amide bonds. The van der Waals surface area contributed by atoms with Crippen molar-refractivity contribution in [2.75, 3.05) is 4.90 Å². The molecule has 0 aliphatic carbocycles. The van der Waals surface area contributed by atoms with Crippen LogP contribution in [-0.2, 0) is 11.2 Å². The lowest BCUT2D eigenvalue weighted by Gasteiger charge is -2.09. The minimum Gasteiger partial charge on any atom is -0.288 e. The van der Waals surface area contributed by atoms with E-state index in [0.29, 0.717) is 6.42 Å². The van der Waals surface area contributed by atoms with E-state index in [9.17, 15) is 4.79 Å². The molecule has 1 aliphatic heterocycles. The van der Waals surface area contributed by atoms with Gasteiger partial charge < -0.3 is 0 Å². The molecular weight excluding hydrogens is 150 g/mol. The molecular formula is C10H9NO. The van der Waals surface area contributed by atoms with Crippen molar-refractivity contribution >= 4 is 11.6 Å². The predicted octanol–water partition coefficient (Wildman–Crippen LogP) is 1.72. The number of hydrogen-bond donors (Lipinski definition) is 0. The van der Waals surface area contributed by atoms with Crippen molar-refractivity contribution in [1.29, 1.82) is 0 Å². The zero-order chi connectivity index (χ0) is 8.55. The van der Waals surface area contributed by atoms with Crippen LogP contribution in [0.15, 0.2) is 37.0 Å². The summed E-state index contributed by atoms with van der Waals surface area (Å²) in [7, 11) is 0. The van der Waals surface area contributed by atoms with Gasteiger partial charge in [-0.15, -0.1) is 0 Å². The van der Waals surface area contributed by atoms with Crippen LogP contribution in [0, 0.1) is 0 Å². The van der Waals surface area contributed by atoms with Crippen LogP contribution >= 0.6 is 0 Å². The number of amides is 1. The van der Waals surface area contributed by atoms with Crippen LogP contribution < -0.4 is 4.90 Å². The largest absolute Gasteiger partial charge is 0.288 e. The van der Waals surface area contributed by atoms with Crippen molar-refractivity contribution in [3.8, 4) is 0 Å². The van der Waals surface area contributed by atoms with Crippen LogP contribution in [-0.4, -0.2) is 5.91 Å². The van der Waals surface area contributed by atoms with Crippen LogP contribution in [0.5, 0.6) is 0 Å². The molecule has 60 valence electrons. The highest BCUT2D eigenvalue weighted by Gasteiger charge is 2.23. The Morgan fingerprint density at radius 3 is 2.92 bits per heavy atom. The number of nitrogens with zero attached hydrogens (tertiary/aromatic N) is 1. The van der Waals surface area contributed by atoms with E-state index in [1.165, 1.54) is 0 Å². The fraction of sp³-hybridized carbons (Fsp3) is 0.100. The second-order valence-electron chi connectivity index (χ2n) is 2.75. The van der Waals surface area contributed by atoms with Gasteiger partial charge in [0.1, 0.15) is 0 Å². The Morgan fingerprint density at radius 2 is 2.17 bits per heavy atom. The zero-order valence-corrected chi connectivity index (χ0v) is 6.66. The first-order valence-corrected chi connectivity index (χ1v) is 3.85. The third kappa shape index (κ3) is 0.848. The summed E-state index contributed by atoms with van der Waals surface area (Å²) in [5.74, 6) is 0.103. The Labute approximate surface area is 71.1 Å². The Morgan fingerprint density at radius 1 is 1.42 bits per heavy atom. The second kappa shape index (κ2) is 2.48. The number of fused-ring (bicyclic) bond motifs is 1. The maximum Gasteiger partial charge on any atom is 0.235 e. The Kier molecular flexibility index (Phi) is 1.47. The van der Waals surface area contributed by atoms with E-state index in [1.807, 2.05) is 24.3 Å². The molecule has 1 heterocycles. The van der Waals surface area contributed by atoms with Gasteiger partial charge in [-0.2, -0.15) is 0 Å². The topological polar surface area (TPSA) is 20.3 Å². The molecule has 1 aliphatic rings. The predicted molar refractivity (Wildman–Crippen MR) is 47.8 cm³/mol. The zero-order valence-electron chi connectivity index (χ0n) is 6.66. The Balaban J connectivity index is 2.54. The minimum atomic E-state index is 0.103. The van der Waals surface area contributed by atoms with E-state index in [2.05, 4.69) is 6.58 Å². The monoisotopic (exact) mass is 159 g/mol. The average molecular weight is 159 g/mol. The van der Waals surface area contributed by atoms with Gasteiger partial charge in [-0.3, -0.25) is 9.69 Å². The summed E-state index contributed by atoms with van der Waals surface area (Å²) in [6, 6.07) is 7.77. The molecule has 0 spiro atoms. The lowest BCUT2D eigenvalue weighted by Crippen LogP contribution is -2.19. The van der Waals surface area contributed by atoms with Gasteiger partial charge in [-0.25, -0.2) is 0 Å². The number of hydrogen-bond acceptors (Lipinski definition) is 1. The number of rotatable bonds is 1. The van der Waals surface area contributed by atoms with Gasteiger partial charge in [0, 0.05) is 6.20 Å². The summed E-state index contributed by atoms with van der Waals surface area (Å²) in [5.41, 5.74) is 2.06. The Bertz CT molecular complexity index is 343. The number of carbonyl (C=O) groups excluding carboxylic acids is 1. The molecule has 12 heavy (non-hydrogen) atoms. The summed E-state index contributed by atoms with van der Waals surface area (Å²) >= 11 is 0. The number of carbonyl (C=O) groups is 1. The first-order chi connectivity index (χ1) is 5.83. The summed E-state index contributed by atoms with van der Waals surface area (Å²) < 4.78 is 0. The van der Waals surface area contributed by atoms with Crippen LogP contribution in [0.4, 0.5) is 5.69 Å². The number of benzene rings is 1. The van der Waals surface area contributed by atoms with E-state index in [0.717, 1.165) is 11.3 Å². The van der Waals surface area contributed by atoms with Crippen LogP contribution in [0.2, 0.25) is 0 Å². The number of anilines is 1. The van der Waals surface area contributed by atoms with E-state index in [4.69, 9.17) is 0 Å². The smallest absolute Gasteiger partial charge is 0.235 e. The second-order valence-corrected chi connectivity index (χ2v) is 2.75. The summed E-state index contributed by atoms with van der Waals surface area (Å²) in [6.45, 7) is 3.60. The van der Waals surface area contributed by atoms with Gasteiger partial charge in [0.05, 0.1) is 12.1 Å². The molecule has 1 aromatic carbocycles. The average Bonchev–Trinajstić information content (AvgIpc) is 2.40. The molecule has 0 saturated heterocycles. The standard InChI is InChI=1S/C10H9NO/c1-2-11-9-6-4-3-5-8(9)7-10(11)12/h2-6H,1,7H2. The summed E-state index contributed by atoms with van der Waals surface area (Å²) in [5, 5.41) is 0. The van der Waals surface area contributed by atoms with Crippen LogP contribution in [0.25, 0.3) is 0 Å². The van der Waals surface area contributed by atoms with Gasteiger partial charge in [-0.1, -0.05) is 24.8 Å². The summed E-state index contributed by atoms with van der Waals surface area (Å²) in [4.78, 5) is 12.9. The molecule has 0 unspecified atom stereocenters. The van der Waals surface area contributed by atoms with Gasteiger partial charge in [0.25, 0.3) is 0 Å². The van der Waals surface area contributed by atoms with Gasteiger partial charge >= 0.3 is 0 Å². The highest BCUT2D eigenvalue weighted by atomic mass is 16.2. The molecule has 0 saturated carbocycles. The molecule has 1 aromatic rings. The van der Waals surface area contributed by atoms with E-state index >= 15 is 0 Å². The Hall–Kier alpha value is -1.57. The van der Waals surface area contributed by atoms with Crippen molar-refractivity contribution < 1.29 is 4.79 Å². The third-order valence-corrected chi connectivity index (χ3v) is 2.04. The fourth-order valence-electron chi connectivity index (χ4n) is 1.48. The fourth-order valence-corrected chi connectivity index (χ4v) is 1.48. The van der Waals surface area contributed by atoms with E-state index in [1.54, 1.807) is 11.1 Å². The van der Waals surface area contributed by atoms with Gasteiger partial charge in [0.15, 0.2) is 0 Å². The minimum absolute atomic E-state index is 0.103. The third-order valence-electron chi connectivity index (χ3n) is 2.04. The lowest BCUT2D eigenvalue weighted by atomic mass is 10.2. The van der Waals surface area contributed by atoms with Gasteiger partial charge in [-0.05, 0) is 11.6 Å². The van der Waals surface area contributed by atoms with Crippen molar-refractivity contribution in [1.82, 2.24) is 0 Å². The molecule has 2 rings (SSSR count). The van der Waals surface area contributed by atoms with Crippen molar-refractivity contribution in [3.05, 3.63) is 42.6 Å². The molecule has 2 heteroatoms. The summed E-state index contributed by atoms with van der Waals surface area (Å²) in [6.07, 6.45) is 2.07. The quantitative estimate of drug-likeness (QED) is 0.611. The molecule has 0 atom stereocenters. The van der Waals surface area contributed by atoms with Crippen molar-refractivity contribution in [3.63, 3.8) is 0 Å². The van der Waals surface area contributed by atoms with Crippen molar-refractivity contribution in [2.24, 2.45) is 0 Å². The SMILES string of the molecule is C=CN1C(=O)Cc2ccccc21. The molecule has 0 bridgehead atoms. The maximum atomic E-state index is 11.3. The molecule has 2 nitrogen and oxygen atoms in total. The molecule has 0 N–H and O–H groups in total. The van der Waals surface area contributed by atoms with Gasteiger partial charge in [0.2, 0.25) is 5.91 Å². The first kappa shape index (κ1) is 7.10. The molecule has 0 fully saturated rings. The van der Waals surface area contributed by atoms with Crippen LogP contribution in [0.3, 0.4) is 0 Å². The normalized spacial score (nSPS) is 14.7. The first-order valence-electron chi connectivity index (χ1n) is 3.85.